The summed E-state index contributed by atoms with van der Waals surface area (Å²) in [6.45, 7) is 23.0. The predicted molar refractivity (Wildman–Crippen MR) is 536 cm³/mol. The van der Waals surface area contributed by atoms with Crippen molar-refractivity contribution in [3.63, 3.8) is 0 Å². The first-order valence-electron chi connectivity index (χ1n) is 46.8. The van der Waals surface area contributed by atoms with Crippen LogP contribution >= 0.6 is 31.9 Å². The van der Waals surface area contributed by atoms with Crippen LogP contribution in [0.3, 0.4) is 0 Å². The third-order valence-corrected chi connectivity index (χ3v) is 30.5. The largest absolute Gasteiger partial charge is 0.299 e. The van der Waals surface area contributed by atoms with E-state index in [0.717, 1.165) is 106 Å². The van der Waals surface area contributed by atoms with Crippen molar-refractivity contribution in [3.05, 3.63) is 205 Å². The number of aromatic nitrogens is 2. The van der Waals surface area contributed by atoms with Gasteiger partial charge in [0, 0.05) is 146 Å². The van der Waals surface area contributed by atoms with Crippen molar-refractivity contribution in [2.75, 3.05) is 65.3 Å². The van der Waals surface area contributed by atoms with Gasteiger partial charge in [0.15, 0.2) is 5.78 Å². The van der Waals surface area contributed by atoms with Gasteiger partial charge in [0.05, 0.1) is 62.8 Å². The summed E-state index contributed by atoms with van der Waals surface area (Å²) < 4.78 is 97.4. The number of rotatable bonds is 12. The Labute approximate surface area is 847 Å². The third kappa shape index (κ3) is 24.7. The number of carbonyl (C=O) groups excluding carboxylic acids is 8. The maximum Gasteiger partial charge on any atom is 0.137 e. The molecule has 6 amide bonds. The Morgan fingerprint density at radius 3 is 1.22 bits per heavy atom. The number of carboxylic acids is 1. The summed E-state index contributed by atoms with van der Waals surface area (Å²) in [6.07, 6.45) is 8.99. The molecule has 0 spiro atoms. The van der Waals surface area contributed by atoms with Crippen LogP contribution in [0.1, 0.15) is 201 Å². The second kappa shape index (κ2) is 43.5. The number of anilines is 4. The molecule has 141 heavy (non-hydrogen) atoms. The summed E-state index contributed by atoms with van der Waals surface area (Å²) in [5.41, 5.74) is 15.6. The van der Waals surface area contributed by atoms with Crippen LogP contribution in [0.25, 0.3) is 44.1 Å². The van der Waals surface area contributed by atoms with Crippen molar-refractivity contribution in [2.45, 2.75) is 243 Å². The molecule has 3 N–H and O–H groups in total. The molecule has 5 fully saturated rings. The molecule has 2 atom stereocenters. The van der Waals surface area contributed by atoms with E-state index in [-0.39, 0.29) is 101 Å². The van der Waals surface area contributed by atoms with E-state index in [2.05, 4.69) is 93.8 Å². The van der Waals surface area contributed by atoms with Crippen molar-refractivity contribution in [1.29, 1.82) is 10.5 Å². The Balaban J connectivity index is 0.000000143. The molecule has 0 bridgehead atoms. The predicted octanol–water partition coefficient (Wildman–Crippen LogP) is 14.2. The van der Waals surface area contributed by atoms with Gasteiger partial charge in [-0.15, -0.1) is 0 Å². The molecule has 2 aromatic heterocycles. The standard InChI is InChI=1S/C28H24F2N4O3.C20H16N2O3.C16H22BNO3.C12H24B2O4.C10H10BrNO.C10H9BrO.C8H11F2IN3O/c1-33-24-6-3-17(12-19(24)4-8-26(33)36)18-2-5-23-22(13-18)21(10-11-32-23)25(35)7-9-27(37)34-16-28(29,30)14-20(34)15-31;1-22-18-6-3-12(10-14(18)4-7-19(22)23)13-2-5-17-16(11-13)15(20(24)25)8-9-21-17;1-15(2)16(3,4)21-17(20-15)12-7-8-13-11(10-12)6-9-14(19)18(13)5;1-9(2)10(3,4)16-13(15-9)14-17-11(5,6)12(7,8)18-14;1-12-9-4-3-8(11)6-7(9)2-5-10(12)13;11-9-3-1-8-6-10(12)4-2-7(8)5-9;9-8(10)3-6(4-12)14(5-8)7(15)1-2-11-13/h2-3,5-6,10-13,20H,4,7-9,14,16H2,1H3;2-3,5-6,8-11H,4,7H2,1H3,(H,24,25);7-8,10H,6,9H2,1-5H3;1-8H3;3-4,6H,2,5H2,1H3;1,3,5H,2,4,6H2;6H,1-3,5,13H2/q;;;;;;-1/t20-;;;;;;6-/m0.....0/s1. The number of amides is 6. The molecular formula is C104H116B3Br2F4IN11O16-. The molecule has 7 aromatic carbocycles. The monoisotopic (exact) mass is 2170 g/mol. The van der Waals surface area contributed by atoms with Crippen LogP contribution < -0.4 is 50.5 Å². The topological polar surface area (TPSA) is 348 Å². The minimum Gasteiger partial charge on any atom is -0.299 e. The van der Waals surface area contributed by atoms with E-state index >= 15 is 0 Å². The first-order valence-corrected chi connectivity index (χ1v) is 51.2. The number of aryl methyl sites for hydroxylation is 5. The van der Waals surface area contributed by atoms with Crippen molar-refractivity contribution in [2.24, 2.45) is 3.95 Å². The number of alkyl halides is 5. The van der Waals surface area contributed by atoms with Crippen LogP contribution in [0.5, 0.6) is 0 Å². The Hall–Kier alpha value is -10.7. The summed E-state index contributed by atoms with van der Waals surface area (Å²) in [5.74, 6) is -7.35. The number of carboxylic acid groups (broad SMARTS) is 1. The van der Waals surface area contributed by atoms with Gasteiger partial charge < -0.3 is 57.5 Å². The fraction of sp³-hybridized carbons (Fsp3) is 0.433. The summed E-state index contributed by atoms with van der Waals surface area (Å²) in [4.78, 5) is 124. The summed E-state index contributed by atoms with van der Waals surface area (Å²) in [5, 5.41) is 28.4. The van der Waals surface area contributed by atoms with Gasteiger partial charge in [-0.25, -0.2) is 13.6 Å². The van der Waals surface area contributed by atoms with Gasteiger partial charge in [0.2, 0.25) is 29.5 Å². The Morgan fingerprint density at radius 1 is 0.440 bits per heavy atom. The van der Waals surface area contributed by atoms with E-state index in [1.165, 1.54) is 40.7 Å². The smallest absolute Gasteiger partial charge is 0.137 e. The van der Waals surface area contributed by atoms with Crippen molar-refractivity contribution in [1.82, 2.24) is 19.8 Å². The van der Waals surface area contributed by atoms with E-state index in [0.29, 0.717) is 82.5 Å². The molecule has 0 unspecified atom stereocenters. The quantitative estimate of drug-likeness (QED) is 0.0286. The molecular weight excluding hydrogens is 2050 g/mol. The van der Waals surface area contributed by atoms with Gasteiger partial charge in [-0.1, -0.05) is 74.3 Å². The number of hydrogen-bond donors (Lipinski definition) is 2. The van der Waals surface area contributed by atoms with Crippen molar-refractivity contribution < 1.29 is 115 Å². The van der Waals surface area contributed by atoms with Crippen molar-refractivity contribution >= 4 is 156 Å². The Bertz CT molecular complexity index is 6380. The maximum atomic E-state index is 13.7. The maximum absolute atomic E-state index is 13.7. The van der Waals surface area contributed by atoms with Gasteiger partial charge in [0.1, 0.15) is 11.8 Å². The summed E-state index contributed by atoms with van der Waals surface area (Å²) in [6, 6.07) is 45.9. The van der Waals surface area contributed by atoms with Crippen LogP contribution in [-0.2, 0) is 100 Å². The zero-order valence-electron chi connectivity index (χ0n) is 82.0. The van der Waals surface area contributed by atoms with Crippen LogP contribution in [0.2, 0.25) is 0 Å². The molecule has 1 aliphatic carbocycles. The van der Waals surface area contributed by atoms with Crippen LogP contribution in [-0.4, -0.2) is 202 Å². The number of nitrogens with two attached hydrogens (primary N) is 1. The van der Waals surface area contributed by atoms with Gasteiger partial charge in [-0.2, -0.15) is 5.26 Å². The second-order valence-corrected chi connectivity index (χ2v) is 43.4. The summed E-state index contributed by atoms with van der Waals surface area (Å²) >= 11 is 6.34. The number of hydrogen-bond acceptors (Lipinski definition) is 20. The first kappa shape index (κ1) is 108. The van der Waals surface area contributed by atoms with Crippen molar-refractivity contribution in [3.8, 4) is 34.4 Å². The number of nitrogens with zero attached hydrogens (tertiary/aromatic N) is 10. The van der Waals surface area contributed by atoms with E-state index in [9.17, 15) is 65.8 Å². The number of Topliss-reactive ketones (excluding diaryl/α,β-unsaturated/α-hetero) is 2. The van der Waals surface area contributed by atoms with Gasteiger partial charge in [-0.3, -0.25) is 43.5 Å². The zero-order chi connectivity index (χ0) is 103. The molecule has 10 aliphatic rings. The average molecular weight is 2170 g/mol. The fourth-order valence-corrected chi connectivity index (χ4v) is 19.5. The third-order valence-electron chi connectivity index (χ3n) is 28.3. The Kier molecular flexibility index (Phi) is 33.2. The van der Waals surface area contributed by atoms with E-state index in [1.807, 2.05) is 173 Å². The number of benzene rings is 7. The van der Waals surface area contributed by atoms with Gasteiger partial charge in [0.25, 0.3) is 5.92 Å². The van der Waals surface area contributed by atoms with E-state index in [1.54, 1.807) is 51.9 Å². The Morgan fingerprint density at radius 2 is 0.794 bits per heavy atom. The molecule has 9 aliphatic heterocycles. The summed E-state index contributed by atoms with van der Waals surface area (Å²) in [7, 11) is 5.92. The molecule has 37 heteroatoms. The van der Waals surface area contributed by atoms with Crippen LogP contribution in [0, 0.1) is 22.7 Å². The molecule has 9 aromatic rings. The van der Waals surface area contributed by atoms with Crippen LogP contribution in [0.4, 0.5) is 40.3 Å². The van der Waals surface area contributed by atoms with Gasteiger partial charge in [-0.05, 0) is 273 Å². The first-order chi connectivity index (χ1) is 66.2. The minimum atomic E-state index is -3.10. The number of ketones is 2. The SMILES string of the molecule is CC1(C)OB(B2OC(C)(C)C(C)(C)O2)OC1(C)C.CN1C(=O)CCc2cc(-c3ccc4nccc(C(=O)CCC(=O)N5CC(F)(F)C[C@H]5C#N)c4c3)ccc21.CN1C(=O)CCc2cc(-c3ccc4nccc(C(=O)O)c4c3)ccc21.CN1C(=O)CCc2cc(B3OC(C)(C)C(C)(C)O3)ccc21.CN1C(=O)CCc2cc(Br)ccc21.N#C[C@@H]1CC(F)(F)CN1C(=O)CC[I-]N.O=C1CCc2cc(Br)ccc2C1. The molecule has 0 radical (unpaired) electrons. The van der Waals surface area contributed by atoms with E-state index < -0.39 is 97.2 Å². The number of fused-ring (bicyclic) bond motifs is 7. The number of pyridine rings is 2. The number of halogens is 7. The molecule has 5 saturated heterocycles. The normalized spacial score (nSPS) is 20.3. The fourth-order valence-electron chi connectivity index (χ4n) is 17.9. The molecule has 11 heterocycles. The van der Waals surface area contributed by atoms with E-state index in [4.69, 9.17) is 42.4 Å². The zero-order valence-corrected chi connectivity index (χ0v) is 87.4. The molecule has 0 saturated carbocycles. The average Bonchev–Trinajstić information content (AvgIpc) is 1.61. The van der Waals surface area contributed by atoms with Crippen LogP contribution in [0.15, 0.2) is 161 Å². The number of nitriles is 2. The molecule has 19 rings (SSSR count). The van der Waals surface area contributed by atoms with Gasteiger partial charge >= 0.3 is 124 Å². The minimum absolute atomic E-state index is 0.0836. The number of aromatic carboxylic acids is 1. The number of carbonyl (C=O) groups is 9. The molecule has 742 valence electrons. The number of likely N-dealkylation sites (tertiary alicyclic amines) is 2. The second-order valence-electron chi connectivity index (χ2n) is 39.6. The molecule has 27 nitrogen and oxygen atoms in total.